The van der Waals surface area contributed by atoms with Crippen molar-refractivity contribution in [3.05, 3.63) is 59.7 Å². The second kappa shape index (κ2) is 8.52. The van der Waals surface area contributed by atoms with Crippen molar-refractivity contribution >= 4 is 17.5 Å². The van der Waals surface area contributed by atoms with Gasteiger partial charge in [-0.15, -0.1) is 0 Å². The fourth-order valence-electron chi connectivity index (χ4n) is 2.32. The molecule has 0 aliphatic rings. The summed E-state index contributed by atoms with van der Waals surface area (Å²) in [5, 5.41) is 5.64. The van der Waals surface area contributed by atoms with E-state index < -0.39 is 0 Å². The number of ether oxygens (including phenoxy) is 1. The SMILES string of the molecule is CCc1ccc(OCC(=O)Nc2cccc(C(=O)NC(C)(C)C)c2)cc1. The summed E-state index contributed by atoms with van der Waals surface area (Å²) in [5.41, 5.74) is 1.94. The van der Waals surface area contributed by atoms with Gasteiger partial charge in [-0.1, -0.05) is 25.1 Å². The van der Waals surface area contributed by atoms with Crippen LogP contribution < -0.4 is 15.4 Å². The molecule has 2 rings (SSSR count). The zero-order chi connectivity index (χ0) is 19.2. The standard InChI is InChI=1S/C21H26N2O3/c1-5-15-9-11-18(12-10-15)26-14-19(24)22-17-8-6-7-16(13-17)20(25)23-21(2,3)4/h6-13H,5,14H2,1-4H3,(H,22,24)(H,23,25). The Morgan fingerprint density at radius 1 is 1.04 bits per heavy atom. The van der Waals surface area contributed by atoms with Crippen molar-refractivity contribution in [1.82, 2.24) is 5.32 Å². The summed E-state index contributed by atoms with van der Waals surface area (Å²) >= 11 is 0. The van der Waals surface area contributed by atoms with E-state index in [0.717, 1.165) is 6.42 Å². The molecule has 0 aromatic heterocycles. The van der Waals surface area contributed by atoms with Gasteiger partial charge in [0.25, 0.3) is 11.8 Å². The Kier molecular flexibility index (Phi) is 6.39. The molecule has 2 aromatic rings. The van der Waals surface area contributed by atoms with Crippen molar-refractivity contribution < 1.29 is 14.3 Å². The van der Waals surface area contributed by atoms with Gasteiger partial charge in [-0.2, -0.15) is 0 Å². The molecule has 0 heterocycles. The van der Waals surface area contributed by atoms with E-state index >= 15 is 0 Å². The van der Waals surface area contributed by atoms with Gasteiger partial charge in [0.1, 0.15) is 5.75 Å². The van der Waals surface area contributed by atoms with Crippen molar-refractivity contribution in [3.63, 3.8) is 0 Å². The summed E-state index contributed by atoms with van der Waals surface area (Å²) in [6, 6.07) is 14.5. The van der Waals surface area contributed by atoms with Gasteiger partial charge in [0.05, 0.1) is 0 Å². The molecule has 2 aromatic carbocycles. The van der Waals surface area contributed by atoms with Crippen LogP contribution in [0.4, 0.5) is 5.69 Å². The first-order valence-electron chi connectivity index (χ1n) is 8.71. The molecule has 26 heavy (non-hydrogen) atoms. The summed E-state index contributed by atoms with van der Waals surface area (Å²) in [5.74, 6) is 0.189. The summed E-state index contributed by atoms with van der Waals surface area (Å²) < 4.78 is 5.49. The number of hydrogen-bond donors (Lipinski definition) is 2. The Labute approximate surface area is 154 Å². The van der Waals surface area contributed by atoms with Crippen molar-refractivity contribution in [2.75, 3.05) is 11.9 Å². The van der Waals surface area contributed by atoms with Crippen molar-refractivity contribution in [2.24, 2.45) is 0 Å². The average molecular weight is 354 g/mol. The summed E-state index contributed by atoms with van der Waals surface area (Å²) in [4.78, 5) is 24.3. The number of anilines is 1. The predicted molar refractivity (Wildman–Crippen MR) is 104 cm³/mol. The molecule has 0 atom stereocenters. The molecule has 5 heteroatoms. The quantitative estimate of drug-likeness (QED) is 0.829. The summed E-state index contributed by atoms with van der Waals surface area (Å²) in [6.07, 6.45) is 0.958. The number of aryl methyl sites for hydroxylation is 1. The molecule has 2 amide bonds. The molecule has 0 bridgehead atoms. The first-order chi connectivity index (χ1) is 12.3. The number of carbonyl (C=O) groups is 2. The third kappa shape index (κ3) is 6.24. The van der Waals surface area contributed by atoms with Crippen LogP contribution in [0, 0.1) is 0 Å². The van der Waals surface area contributed by atoms with Crippen LogP contribution in [-0.4, -0.2) is 24.0 Å². The molecule has 138 valence electrons. The fraction of sp³-hybridized carbons (Fsp3) is 0.333. The highest BCUT2D eigenvalue weighted by atomic mass is 16.5. The van der Waals surface area contributed by atoms with E-state index in [9.17, 15) is 9.59 Å². The minimum absolute atomic E-state index is 0.0934. The molecule has 0 fully saturated rings. The maximum atomic E-state index is 12.2. The molecule has 0 unspecified atom stereocenters. The monoisotopic (exact) mass is 354 g/mol. The molecule has 2 N–H and O–H groups in total. The Balaban J connectivity index is 1.92. The van der Waals surface area contributed by atoms with Crippen molar-refractivity contribution in [3.8, 4) is 5.75 Å². The second-order valence-corrected chi connectivity index (χ2v) is 7.12. The van der Waals surface area contributed by atoms with Gasteiger partial charge in [-0.3, -0.25) is 9.59 Å². The number of amides is 2. The molecule has 5 nitrogen and oxygen atoms in total. The van der Waals surface area contributed by atoms with Gasteiger partial charge in [-0.25, -0.2) is 0 Å². The van der Waals surface area contributed by atoms with Crippen LogP contribution in [-0.2, 0) is 11.2 Å². The van der Waals surface area contributed by atoms with Crippen LogP contribution in [0.15, 0.2) is 48.5 Å². The lowest BCUT2D eigenvalue weighted by atomic mass is 10.1. The van der Waals surface area contributed by atoms with Gasteiger partial charge >= 0.3 is 0 Å². The highest BCUT2D eigenvalue weighted by molar-refractivity contribution is 5.97. The molecule has 0 aliphatic heterocycles. The minimum atomic E-state index is -0.322. The van der Waals surface area contributed by atoms with E-state index in [-0.39, 0.29) is 24.0 Å². The molecule has 0 saturated carbocycles. The average Bonchev–Trinajstić information content (AvgIpc) is 2.59. The van der Waals surface area contributed by atoms with Crippen LogP contribution in [0.25, 0.3) is 0 Å². The van der Waals surface area contributed by atoms with E-state index in [4.69, 9.17) is 4.74 Å². The zero-order valence-corrected chi connectivity index (χ0v) is 15.8. The zero-order valence-electron chi connectivity index (χ0n) is 15.8. The first kappa shape index (κ1) is 19.5. The molecular weight excluding hydrogens is 328 g/mol. The number of nitrogens with one attached hydrogen (secondary N) is 2. The van der Waals surface area contributed by atoms with Crippen LogP contribution in [0.2, 0.25) is 0 Å². The van der Waals surface area contributed by atoms with Crippen LogP contribution in [0.1, 0.15) is 43.6 Å². The summed E-state index contributed by atoms with van der Waals surface area (Å²) in [7, 11) is 0. The van der Waals surface area contributed by atoms with E-state index in [1.165, 1.54) is 5.56 Å². The molecule has 0 aliphatic carbocycles. The minimum Gasteiger partial charge on any atom is -0.484 e. The maximum absolute atomic E-state index is 12.2. The van der Waals surface area contributed by atoms with Crippen LogP contribution >= 0.6 is 0 Å². The molecule has 0 saturated heterocycles. The predicted octanol–water partition coefficient (Wildman–Crippen LogP) is 3.79. The second-order valence-electron chi connectivity index (χ2n) is 7.12. The number of carbonyl (C=O) groups excluding carboxylic acids is 2. The third-order valence-electron chi connectivity index (χ3n) is 3.60. The van der Waals surface area contributed by atoms with Gasteiger partial charge < -0.3 is 15.4 Å². The lowest BCUT2D eigenvalue weighted by molar-refractivity contribution is -0.118. The third-order valence-corrected chi connectivity index (χ3v) is 3.60. The van der Waals surface area contributed by atoms with E-state index in [0.29, 0.717) is 17.0 Å². The lowest BCUT2D eigenvalue weighted by Crippen LogP contribution is -2.40. The Bertz CT molecular complexity index is 762. The molecule has 0 spiro atoms. The topological polar surface area (TPSA) is 67.4 Å². The Hall–Kier alpha value is -2.82. The van der Waals surface area contributed by atoms with E-state index in [2.05, 4.69) is 17.6 Å². The molecule has 0 radical (unpaired) electrons. The van der Waals surface area contributed by atoms with Gasteiger partial charge in [-0.05, 0) is 63.1 Å². The van der Waals surface area contributed by atoms with Crippen LogP contribution in [0.3, 0.4) is 0 Å². The van der Waals surface area contributed by atoms with E-state index in [1.807, 2.05) is 45.0 Å². The number of rotatable bonds is 6. The Morgan fingerprint density at radius 2 is 1.73 bits per heavy atom. The highest BCUT2D eigenvalue weighted by Gasteiger charge is 2.15. The Morgan fingerprint density at radius 3 is 2.35 bits per heavy atom. The summed E-state index contributed by atoms with van der Waals surface area (Å²) in [6.45, 7) is 7.74. The smallest absolute Gasteiger partial charge is 0.262 e. The highest BCUT2D eigenvalue weighted by Crippen LogP contribution is 2.14. The van der Waals surface area contributed by atoms with Crippen molar-refractivity contribution in [2.45, 2.75) is 39.7 Å². The van der Waals surface area contributed by atoms with Gasteiger partial charge in [0.2, 0.25) is 0 Å². The van der Waals surface area contributed by atoms with Gasteiger partial charge in [0, 0.05) is 16.8 Å². The maximum Gasteiger partial charge on any atom is 0.262 e. The normalized spacial score (nSPS) is 10.9. The largest absolute Gasteiger partial charge is 0.484 e. The lowest BCUT2D eigenvalue weighted by Gasteiger charge is -2.20. The number of hydrogen-bond acceptors (Lipinski definition) is 3. The number of benzene rings is 2. The fourth-order valence-corrected chi connectivity index (χ4v) is 2.32. The van der Waals surface area contributed by atoms with Crippen molar-refractivity contribution in [1.29, 1.82) is 0 Å². The van der Waals surface area contributed by atoms with Gasteiger partial charge in [0.15, 0.2) is 6.61 Å². The molecular formula is C21H26N2O3. The van der Waals surface area contributed by atoms with E-state index in [1.54, 1.807) is 24.3 Å². The van der Waals surface area contributed by atoms with Crippen LogP contribution in [0.5, 0.6) is 5.75 Å². The first-order valence-corrected chi connectivity index (χ1v) is 8.71.